The molecule has 0 spiro atoms. The molecule has 0 aliphatic carbocycles. The Kier molecular flexibility index (Phi) is 9.48. The quantitative estimate of drug-likeness (QED) is 0.290. The van der Waals surface area contributed by atoms with Crippen molar-refractivity contribution in [1.29, 1.82) is 0 Å². The molecule has 1 saturated heterocycles. The molecule has 3 atom stereocenters. The molecule has 1 fully saturated rings. The predicted octanol–water partition coefficient (Wildman–Crippen LogP) is 3.12. The van der Waals surface area contributed by atoms with Crippen LogP contribution in [0.25, 0.3) is 5.70 Å². The van der Waals surface area contributed by atoms with Crippen molar-refractivity contribution in [3.63, 3.8) is 0 Å². The highest BCUT2D eigenvalue weighted by atomic mass is 16.8. The minimum Gasteiger partial charge on any atom is -0.389 e. The highest BCUT2D eigenvalue weighted by Crippen LogP contribution is 2.26. The average molecular weight is 506 g/mol. The maximum Gasteiger partial charge on any atom is 0.279 e. The fourth-order valence-electron chi connectivity index (χ4n) is 3.87. The summed E-state index contributed by atoms with van der Waals surface area (Å²) in [7, 11) is 3.11. The summed E-state index contributed by atoms with van der Waals surface area (Å²) in [5, 5.41) is 12.2. The Hall–Kier alpha value is -3.64. The van der Waals surface area contributed by atoms with Crippen molar-refractivity contribution in [2.45, 2.75) is 51.0 Å². The molecule has 3 rings (SSSR count). The maximum absolute atomic E-state index is 13.2. The van der Waals surface area contributed by atoms with E-state index in [2.05, 4.69) is 29.2 Å². The summed E-state index contributed by atoms with van der Waals surface area (Å²) in [5.74, 6) is 5.08. The number of ether oxygens (including phenoxy) is 1. The summed E-state index contributed by atoms with van der Waals surface area (Å²) in [4.78, 5) is 33.0. The first-order valence-electron chi connectivity index (χ1n) is 12.3. The Bertz CT molecular complexity index is 1160. The van der Waals surface area contributed by atoms with Gasteiger partial charge in [-0.3, -0.25) is 9.59 Å². The number of nitrogens with one attached hydrogen (secondary N) is 2. The van der Waals surface area contributed by atoms with E-state index in [0.29, 0.717) is 18.7 Å². The van der Waals surface area contributed by atoms with Gasteiger partial charge in [0.2, 0.25) is 0 Å². The lowest BCUT2D eigenvalue weighted by Gasteiger charge is -2.38. The van der Waals surface area contributed by atoms with Gasteiger partial charge < -0.3 is 20.1 Å². The molecule has 196 valence electrons. The Balaban J connectivity index is 1.71. The van der Waals surface area contributed by atoms with E-state index in [-0.39, 0.29) is 0 Å². The van der Waals surface area contributed by atoms with E-state index in [4.69, 9.17) is 9.57 Å². The van der Waals surface area contributed by atoms with Gasteiger partial charge in [-0.25, -0.2) is 10.3 Å². The lowest BCUT2D eigenvalue weighted by Crippen LogP contribution is -2.63. The number of amides is 2. The van der Waals surface area contributed by atoms with Gasteiger partial charge in [0.15, 0.2) is 11.8 Å². The van der Waals surface area contributed by atoms with Crippen molar-refractivity contribution in [3.8, 4) is 11.8 Å². The molecule has 1 aliphatic heterocycles. The number of aliphatic hydroxyl groups excluding tert-OH is 1. The second-order valence-electron chi connectivity index (χ2n) is 9.13. The lowest BCUT2D eigenvalue weighted by atomic mass is 9.96. The molecule has 3 N–H and O–H groups in total. The second-order valence-corrected chi connectivity index (χ2v) is 9.13. The van der Waals surface area contributed by atoms with Gasteiger partial charge in [0.25, 0.3) is 11.8 Å². The van der Waals surface area contributed by atoms with Crippen molar-refractivity contribution in [2.75, 3.05) is 20.7 Å². The summed E-state index contributed by atoms with van der Waals surface area (Å²) in [6.07, 6.45) is 1.51. The zero-order chi connectivity index (χ0) is 27.0. The number of likely N-dealkylation sites (N-methyl/N-ethyl adjacent to an activating group) is 2. The number of hydroxylamine groups is 1. The van der Waals surface area contributed by atoms with Crippen LogP contribution in [0.2, 0.25) is 0 Å². The molecule has 8 heteroatoms. The number of carbonyl (C=O) groups is 2. The molecule has 0 aromatic heterocycles. The molecular formula is C29H35N3O5. The highest BCUT2D eigenvalue weighted by molar-refractivity contribution is 6.09. The van der Waals surface area contributed by atoms with Crippen LogP contribution in [-0.4, -0.2) is 54.4 Å². The minimum atomic E-state index is -1.63. The Labute approximate surface area is 218 Å². The van der Waals surface area contributed by atoms with Crippen LogP contribution in [0.15, 0.2) is 55.1 Å². The van der Waals surface area contributed by atoms with Crippen LogP contribution in [0.5, 0.6) is 0 Å². The third-order valence-corrected chi connectivity index (χ3v) is 6.57. The van der Waals surface area contributed by atoms with E-state index < -0.39 is 29.7 Å². The maximum atomic E-state index is 13.2. The molecular weight excluding hydrogens is 470 g/mol. The highest BCUT2D eigenvalue weighted by Gasteiger charge is 2.46. The molecule has 37 heavy (non-hydrogen) atoms. The van der Waals surface area contributed by atoms with Crippen LogP contribution in [0.3, 0.4) is 0 Å². The molecule has 2 amide bonds. The van der Waals surface area contributed by atoms with Gasteiger partial charge in [-0.2, -0.15) is 0 Å². The van der Waals surface area contributed by atoms with Crippen LogP contribution >= 0.6 is 0 Å². The van der Waals surface area contributed by atoms with Crippen molar-refractivity contribution in [3.05, 3.63) is 77.4 Å². The fourth-order valence-corrected chi connectivity index (χ4v) is 3.87. The second kappa shape index (κ2) is 12.5. The Morgan fingerprint density at radius 1 is 1.11 bits per heavy atom. The molecule has 0 bridgehead atoms. The van der Waals surface area contributed by atoms with E-state index in [1.165, 1.54) is 18.9 Å². The normalized spacial score (nSPS) is 17.4. The number of benzene rings is 2. The molecule has 1 aliphatic rings. The summed E-state index contributed by atoms with van der Waals surface area (Å²) in [6, 6.07) is 14.8. The molecule has 2 aromatic carbocycles. The Morgan fingerprint density at radius 3 is 2.22 bits per heavy atom. The van der Waals surface area contributed by atoms with Crippen LogP contribution in [0.4, 0.5) is 0 Å². The smallest absolute Gasteiger partial charge is 0.279 e. The van der Waals surface area contributed by atoms with E-state index in [9.17, 15) is 14.7 Å². The molecule has 8 nitrogen and oxygen atoms in total. The number of aliphatic hydroxyl groups is 1. The summed E-state index contributed by atoms with van der Waals surface area (Å²) in [6.45, 7) is 7.93. The van der Waals surface area contributed by atoms with Gasteiger partial charge in [0.1, 0.15) is 0 Å². The first-order valence-corrected chi connectivity index (χ1v) is 12.3. The van der Waals surface area contributed by atoms with Gasteiger partial charge in [-0.15, -0.1) is 0 Å². The molecule has 0 saturated carbocycles. The summed E-state index contributed by atoms with van der Waals surface area (Å²) >= 11 is 0. The van der Waals surface area contributed by atoms with Gasteiger partial charge in [0.05, 0.1) is 6.10 Å². The third kappa shape index (κ3) is 6.77. The monoisotopic (exact) mass is 505 g/mol. The first kappa shape index (κ1) is 27.9. The number of nitrogens with zero attached hydrogens (tertiary/aromatic N) is 1. The number of hydrogen-bond donors (Lipinski definition) is 3. The number of carbonyl (C=O) groups excluding carboxylic acids is 2. The van der Waals surface area contributed by atoms with Crippen LogP contribution in [0.1, 0.15) is 61.5 Å². The van der Waals surface area contributed by atoms with E-state index >= 15 is 0 Å². The van der Waals surface area contributed by atoms with Gasteiger partial charge in [-0.1, -0.05) is 42.7 Å². The summed E-state index contributed by atoms with van der Waals surface area (Å²) < 4.78 is 5.49. The third-order valence-electron chi connectivity index (χ3n) is 6.57. The lowest BCUT2D eigenvalue weighted by molar-refractivity contribution is -0.204. The Morgan fingerprint density at radius 2 is 1.70 bits per heavy atom. The first-order chi connectivity index (χ1) is 17.7. The largest absolute Gasteiger partial charge is 0.389 e. The average Bonchev–Trinajstić information content (AvgIpc) is 2.94. The zero-order valence-corrected chi connectivity index (χ0v) is 21.8. The van der Waals surface area contributed by atoms with Gasteiger partial charge in [-0.05, 0) is 62.1 Å². The van der Waals surface area contributed by atoms with Crippen molar-refractivity contribution in [2.24, 2.45) is 0 Å². The number of hydrogen-bond acceptors (Lipinski definition) is 6. The number of rotatable bonds is 8. The van der Waals surface area contributed by atoms with Gasteiger partial charge >= 0.3 is 0 Å². The summed E-state index contributed by atoms with van der Waals surface area (Å²) in [5.41, 5.74) is 4.46. The SMILES string of the molecule is C=C(c1ccc(C#Cc2ccc([C@@H](C)O)cc2)cc1)N(C)[C@@](C)(C(=O)NC)C(=O)NOC1CCCCO1. The molecule has 0 radical (unpaired) electrons. The van der Waals surface area contributed by atoms with Gasteiger partial charge in [0, 0.05) is 43.9 Å². The van der Waals surface area contributed by atoms with Crippen LogP contribution in [0, 0.1) is 11.8 Å². The molecule has 2 aromatic rings. The van der Waals surface area contributed by atoms with Crippen LogP contribution in [-0.2, 0) is 19.2 Å². The fraction of sp³-hybridized carbons (Fsp3) is 0.379. The van der Waals surface area contributed by atoms with Crippen molar-refractivity contribution >= 4 is 17.5 Å². The van der Waals surface area contributed by atoms with Crippen LogP contribution < -0.4 is 10.8 Å². The molecule has 1 unspecified atom stereocenters. The minimum absolute atomic E-state index is 0.475. The zero-order valence-electron chi connectivity index (χ0n) is 21.8. The standard InChI is InChI=1S/C29H35N3O5/c1-20(24-15-11-22(12-16-24)9-10-23-13-17-25(18-14-23)21(2)33)32(5)29(3,27(34)30-4)28(35)31-37-26-8-6-7-19-36-26/h11-18,21,26,33H,1,6-8,19H2,2-5H3,(H,30,34)(H,31,35)/t21-,26?,29+/m1/s1. The topological polar surface area (TPSA) is 100 Å². The van der Waals surface area contributed by atoms with Crippen molar-refractivity contribution in [1.82, 2.24) is 15.7 Å². The van der Waals surface area contributed by atoms with E-state index in [0.717, 1.165) is 35.1 Å². The van der Waals surface area contributed by atoms with Crippen molar-refractivity contribution < 1.29 is 24.3 Å². The van der Waals surface area contributed by atoms with E-state index in [1.807, 2.05) is 48.5 Å². The van der Waals surface area contributed by atoms with E-state index in [1.54, 1.807) is 14.0 Å². The molecule has 1 heterocycles. The predicted molar refractivity (Wildman–Crippen MR) is 142 cm³/mol.